The summed E-state index contributed by atoms with van der Waals surface area (Å²) in [5.41, 5.74) is 0. The van der Waals surface area contributed by atoms with Crippen LogP contribution < -0.4 is 5.32 Å². The Bertz CT molecular complexity index is 306. The Morgan fingerprint density at radius 1 is 1.30 bits per heavy atom. The van der Waals surface area contributed by atoms with Gasteiger partial charge in [-0.1, -0.05) is 19.3 Å². The van der Waals surface area contributed by atoms with E-state index >= 15 is 0 Å². The number of alkyl halides is 3. The first-order valence-corrected chi connectivity index (χ1v) is 7.32. The molecule has 0 spiro atoms. The highest BCUT2D eigenvalue weighted by atomic mass is 19.4. The molecule has 0 saturated heterocycles. The van der Waals surface area contributed by atoms with Crippen LogP contribution in [0.4, 0.5) is 13.2 Å². The molecule has 20 heavy (non-hydrogen) atoms. The van der Waals surface area contributed by atoms with Crippen molar-refractivity contribution in [2.24, 2.45) is 5.92 Å². The lowest BCUT2D eigenvalue weighted by atomic mass is 9.94. The molecule has 0 bridgehead atoms. The SMILES string of the molecule is CN(CCCNCC(C#N)C(F)(F)F)C1CCCCC1. The first-order chi connectivity index (χ1) is 9.45. The third kappa shape index (κ3) is 6.10. The third-order valence-electron chi connectivity index (χ3n) is 3.96. The van der Waals surface area contributed by atoms with Crippen molar-refractivity contribution in [2.45, 2.75) is 50.7 Å². The molecule has 0 aromatic rings. The number of rotatable bonds is 7. The highest BCUT2D eigenvalue weighted by Crippen LogP contribution is 2.25. The highest BCUT2D eigenvalue weighted by molar-refractivity contribution is 4.89. The third-order valence-corrected chi connectivity index (χ3v) is 3.96. The van der Waals surface area contributed by atoms with E-state index in [2.05, 4.69) is 17.3 Å². The summed E-state index contributed by atoms with van der Waals surface area (Å²) in [6.07, 6.45) is 2.72. The molecule has 0 heterocycles. The lowest BCUT2D eigenvalue weighted by Gasteiger charge is -2.31. The minimum absolute atomic E-state index is 0.312. The van der Waals surface area contributed by atoms with Gasteiger partial charge in [-0.25, -0.2) is 0 Å². The van der Waals surface area contributed by atoms with Crippen molar-refractivity contribution in [3.05, 3.63) is 0 Å². The molecule has 1 saturated carbocycles. The van der Waals surface area contributed by atoms with Crippen LogP contribution in [0.15, 0.2) is 0 Å². The molecule has 0 aromatic heterocycles. The minimum atomic E-state index is -4.43. The van der Waals surface area contributed by atoms with Gasteiger partial charge in [-0.15, -0.1) is 0 Å². The Labute approximate surface area is 119 Å². The van der Waals surface area contributed by atoms with Crippen LogP contribution in [-0.4, -0.2) is 43.8 Å². The van der Waals surface area contributed by atoms with Gasteiger partial charge in [0.2, 0.25) is 0 Å². The molecule has 1 N–H and O–H groups in total. The number of hydrogen-bond acceptors (Lipinski definition) is 3. The second kappa shape index (κ2) is 8.48. The molecule has 0 aromatic carbocycles. The number of nitriles is 1. The molecular formula is C14H24F3N3. The van der Waals surface area contributed by atoms with E-state index in [-0.39, 0.29) is 6.54 Å². The van der Waals surface area contributed by atoms with Crippen LogP contribution in [0.5, 0.6) is 0 Å². The summed E-state index contributed by atoms with van der Waals surface area (Å²) in [6.45, 7) is 1.10. The minimum Gasteiger partial charge on any atom is -0.315 e. The zero-order valence-corrected chi connectivity index (χ0v) is 12.0. The summed E-state index contributed by atoms with van der Waals surface area (Å²) in [7, 11) is 2.09. The first kappa shape index (κ1) is 17.3. The van der Waals surface area contributed by atoms with E-state index in [4.69, 9.17) is 5.26 Å². The van der Waals surface area contributed by atoms with E-state index < -0.39 is 12.1 Å². The topological polar surface area (TPSA) is 39.1 Å². The summed E-state index contributed by atoms with van der Waals surface area (Å²) in [5, 5.41) is 11.2. The lowest BCUT2D eigenvalue weighted by molar-refractivity contribution is -0.157. The van der Waals surface area contributed by atoms with Gasteiger partial charge in [0.25, 0.3) is 0 Å². The van der Waals surface area contributed by atoms with Gasteiger partial charge in [-0.2, -0.15) is 18.4 Å². The molecule has 0 radical (unpaired) electrons. The predicted octanol–water partition coefficient (Wildman–Crippen LogP) is 2.93. The highest BCUT2D eigenvalue weighted by Gasteiger charge is 2.39. The van der Waals surface area contributed by atoms with Gasteiger partial charge >= 0.3 is 6.18 Å². The van der Waals surface area contributed by atoms with E-state index in [0.29, 0.717) is 12.6 Å². The molecule has 1 atom stereocenters. The number of nitrogens with zero attached hydrogens (tertiary/aromatic N) is 2. The first-order valence-electron chi connectivity index (χ1n) is 7.32. The van der Waals surface area contributed by atoms with Crippen molar-refractivity contribution >= 4 is 0 Å². The normalized spacial score (nSPS) is 19.0. The van der Waals surface area contributed by atoms with E-state index in [1.54, 1.807) is 0 Å². The Morgan fingerprint density at radius 2 is 1.95 bits per heavy atom. The summed E-state index contributed by atoms with van der Waals surface area (Å²) >= 11 is 0. The molecule has 1 rings (SSSR count). The van der Waals surface area contributed by atoms with Crippen LogP contribution in [-0.2, 0) is 0 Å². The van der Waals surface area contributed by atoms with Crippen LogP contribution in [0, 0.1) is 17.2 Å². The monoisotopic (exact) mass is 291 g/mol. The van der Waals surface area contributed by atoms with Gasteiger partial charge in [0, 0.05) is 12.6 Å². The molecule has 0 amide bonds. The number of nitrogens with one attached hydrogen (secondary N) is 1. The number of hydrogen-bond donors (Lipinski definition) is 1. The molecular weight excluding hydrogens is 267 g/mol. The Kier molecular flexibility index (Phi) is 7.31. The largest absolute Gasteiger partial charge is 0.405 e. The molecule has 1 aliphatic rings. The maximum Gasteiger partial charge on any atom is 0.405 e. The van der Waals surface area contributed by atoms with E-state index in [1.165, 1.54) is 38.2 Å². The fourth-order valence-electron chi connectivity index (χ4n) is 2.64. The van der Waals surface area contributed by atoms with Crippen LogP contribution in [0.2, 0.25) is 0 Å². The van der Waals surface area contributed by atoms with Gasteiger partial charge in [0.1, 0.15) is 0 Å². The zero-order chi connectivity index (χ0) is 15.0. The molecule has 1 unspecified atom stereocenters. The van der Waals surface area contributed by atoms with Gasteiger partial charge in [-0.05, 0) is 39.4 Å². The quantitative estimate of drug-likeness (QED) is 0.733. The van der Waals surface area contributed by atoms with Crippen molar-refractivity contribution in [1.82, 2.24) is 10.2 Å². The van der Waals surface area contributed by atoms with E-state index in [9.17, 15) is 13.2 Å². The number of halogens is 3. The molecule has 116 valence electrons. The smallest absolute Gasteiger partial charge is 0.315 e. The van der Waals surface area contributed by atoms with Gasteiger partial charge in [-0.3, -0.25) is 0 Å². The molecule has 1 aliphatic carbocycles. The summed E-state index contributed by atoms with van der Waals surface area (Å²) < 4.78 is 37.0. The molecule has 6 heteroatoms. The van der Waals surface area contributed by atoms with Gasteiger partial charge in [0.05, 0.1) is 6.07 Å². The Balaban J connectivity index is 2.11. The zero-order valence-electron chi connectivity index (χ0n) is 12.0. The van der Waals surface area contributed by atoms with Gasteiger partial charge < -0.3 is 10.2 Å². The summed E-state index contributed by atoms with van der Waals surface area (Å²) in [4.78, 5) is 2.31. The van der Waals surface area contributed by atoms with Crippen molar-refractivity contribution < 1.29 is 13.2 Å². The Hall–Kier alpha value is -0.800. The maximum atomic E-state index is 12.3. The van der Waals surface area contributed by atoms with E-state index in [1.807, 2.05) is 0 Å². The predicted molar refractivity (Wildman–Crippen MR) is 72.1 cm³/mol. The second-order valence-corrected chi connectivity index (χ2v) is 5.55. The second-order valence-electron chi connectivity index (χ2n) is 5.55. The average Bonchev–Trinajstić information content (AvgIpc) is 2.42. The fourth-order valence-corrected chi connectivity index (χ4v) is 2.64. The van der Waals surface area contributed by atoms with Gasteiger partial charge in [0.15, 0.2) is 5.92 Å². The van der Waals surface area contributed by atoms with Crippen LogP contribution >= 0.6 is 0 Å². The molecule has 3 nitrogen and oxygen atoms in total. The van der Waals surface area contributed by atoms with Crippen LogP contribution in [0.1, 0.15) is 38.5 Å². The van der Waals surface area contributed by atoms with E-state index in [0.717, 1.165) is 13.0 Å². The summed E-state index contributed by atoms with van der Waals surface area (Å²) in [5.74, 6) is -1.90. The van der Waals surface area contributed by atoms with Crippen molar-refractivity contribution in [1.29, 1.82) is 5.26 Å². The fraction of sp³-hybridized carbons (Fsp3) is 0.929. The Morgan fingerprint density at radius 3 is 2.50 bits per heavy atom. The average molecular weight is 291 g/mol. The van der Waals surface area contributed by atoms with Crippen molar-refractivity contribution in [3.63, 3.8) is 0 Å². The lowest BCUT2D eigenvalue weighted by Crippen LogP contribution is -2.36. The maximum absolute atomic E-state index is 12.3. The molecule has 0 aliphatic heterocycles. The van der Waals surface area contributed by atoms with Crippen molar-refractivity contribution in [3.8, 4) is 6.07 Å². The van der Waals surface area contributed by atoms with Crippen LogP contribution in [0.25, 0.3) is 0 Å². The standard InChI is InChI=1S/C14H24F3N3/c1-20(13-6-3-2-4-7-13)9-5-8-19-11-12(10-18)14(15,16)17/h12-13,19H,2-9,11H2,1H3. The van der Waals surface area contributed by atoms with Crippen molar-refractivity contribution in [2.75, 3.05) is 26.7 Å². The summed E-state index contributed by atoms with van der Waals surface area (Å²) in [6, 6.07) is 1.93. The van der Waals surface area contributed by atoms with Crippen LogP contribution in [0.3, 0.4) is 0 Å². The molecule has 1 fully saturated rings.